The Balaban J connectivity index is 2.28. The zero-order chi connectivity index (χ0) is 12.8. The fourth-order valence-corrected chi connectivity index (χ4v) is 1.22. The van der Waals surface area contributed by atoms with Crippen LogP contribution in [0.2, 0.25) is 0 Å². The molecule has 0 aliphatic heterocycles. The Morgan fingerprint density at radius 1 is 1.47 bits per heavy atom. The predicted molar refractivity (Wildman–Crippen MR) is 62.9 cm³/mol. The van der Waals surface area contributed by atoms with E-state index in [4.69, 9.17) is 5.73 Å². The second-order valence-electron chi connectivity index (χ2n) is 3.97. The Morgan fingerprint density at radius 3 is 2.71 bits per heavy atom. The van der Waals surface area contributed by atoms with Crippen molar-refractivity contribution in [3.63, 3.8) is 0 Å². The number of anilines is 1. The van der Waals surface area contributed by atoms with E-state index in [9.17, 15) is 9.59 Å². The molecule has 2 amide bonds. The number of carbonyl (C=O) groups excluding carboxylic acids is 2. The summed E-state index contributed by atoms with van der Waals surface area (Å²) >= 11 is 0. The third-order valence-corrected chi connectivity index (χ3v) is 1.85. The SMILES string of the molecule is CC(C)NC(=O)CNC(=O)Cn1cc(N)cn1. The summed E-state index contributed by atoms with van der Waals surface area (Å²) in [5.74, 6) is -0.500. The van der Waals surface area contributed by atoms with E-state index in [1.807, 2.05) is 13.8 Å². The van der Waals surface area contributed by atoms with Crippen LogP contribution in [0, 0.1) is 0 Å². The number of nitrogens with two attached hydrogens (primary N) is 1. The minimum atomic E-state index is -0.285. The molecule has 0 aromatic carbocycles. The van der Waals surface area contributed by atoms with Crippen molar-refractivity contribution >= 4 is 17.5 Å². The summed E-state index contributed by atoms with van der Waals surface area (Å²) in [5, 5.41) is 9.02. The number of rotatable bonds is 5. The molecule has 94 valence electrons. The van der Waals surface area contributed by atoms with Crippen LogP contribution in [0.5, 0.6) is 0 Å². The molecule has 0 unspecified atom stereocenters. The highest BCUT2D eigenvalue weighted by molar-refractivity contribution is 5.84. The molecule has 0 bridgehead atoms. The van der Waals surface area contributed by atoms with Crippen LogP contribution in [0.15, 0.2) is 12.4 Å². The van der Waals surface area contributed by atoms with Gasteiger partial charge in [-0.2, -0.15) is 5.10 Å². The van der Waals surface area contributed by atoms with Crippen molar-refractivity contribution in [3.8, 4) is 0 Å². The normalized spacial score (nSPS) is 10.3. The fourth-order valence-electron chi connectivity index (χ4n) is 1.22. The Hall–Kier alpha value is -2.05. The largest absolute Gasteiger partial charge is 0.396 e. The molecule has 0 aliphatic carbocycles. The third kappa shape index (κ3) is 5.01. The number of carbonyl (C=O) groups is 2. The molecule has 0 fully saturated rings. The van der Waals surface area contributed by atoms with E-state index in [2.05, 4.69) is 15.7 Å². The molecule has 0 atom stereocenters. The first-order valence-corrected chi connectivity index (χ1v) is 5.31. The van der Waals surface area contributed by atoms with E-state index < -0.39 is 0 Å². The van der Waals surface area contributed by atoms with Gasteiger partial charge in [-0.1, -0.05) is 0 Å². The van der Waals surface area contributed by atoms with Crippen molar-refractivity contribution in [3.05, 3.63) is 12.4 Å². The highest BCUT2D eigenvalue weighted by atomic mass is 16.2. The van der Waals surface area contributed by atoms with Gasteiger partial charge in [-0.3, -0.25) is 14.3 Å². The molecule has 0 spiro atoms. The predicted octanol–water partition coefficient (Wildman–Crippen LogP) is -0.894. The Labute approximate surface area is 99.4 Å². The summed E-state index contributed by atoms with van der Waals surface area (Å²) in [4.78, 5) is 22.7. The van der Waals surface area contributed by atoms with Crippen LogP contribution in [0.4, 0.5) is 5.69 Å². The van der Waals surface area contributed by atoms with Crippen LogP contribution in [-0.4, -0.2) is 34.2 Å². The van der Waals surface area contributed by atoms with Gasteiger partial charge < -0.3 is 16.4 Å². The minimum Gasteiger partial charge on any atom is -0.396 e. The lowest BCUT2D eigenvalue weighted by Gasteiger charge is -2.09. The molecule has 1 aromatic heterocycles. The molecule has 1 heterocycles. The van der Waals surface area contributed by atoms with Crippen LogP contribution in [0.25, 0.3) is 0 Å². The van der Waals surface area contributed by atoms with Gasteiger partial charge in [0.15, 0.2) is 0 Å². The molecule has 0 saturated heterocycles. The van der Waals surface area contributed by atoms with E-state index >= 15 is 0 Å². The molecule has 17 heavy (non-hydrogen) atoms. The first-order valence-electron chi connectivity index (χ1n) is 5.31. The van der Waals surface area contributed by atoms with Crippen LogP contribution in [-0.2, 0) is 16.1 Å². The van der Waals surface area contributed by atoms with Crippen LogP contribution in [0.3, 0.4) is 0 Å². The van der Waals surface area contributed by atoms with Crippen molar-refractivity contribution < 1.29 is 9.59 Å². The van der Waals surface area contributed by atoms with Gasteiger partial charge in [0, 0.05) is 12.2 Å². The summed E-state index contributed by atoms with van der Waals surface area (Å²) in [6.07, 6.45) is 3.01. The highest BCUT2D eigenvalue weighted by Gasteiger charge is 2.07. The molecule has 1 aromatic rings. The standard InChI is InChI=1S/C10H17N5O2/c1-7(2)14-9(16)4-12-10(17)6-15-5-8(11)3-13-15/h3,5,7H,4,6,11H2,1-2H3,(H,12,17)(H,14,16). The fraction of sp³-hybridized carbons (Fsp3) is 0.500. The number of aromatic nitrogens is 2. The van der Waals surface area contributed by atoms with E-state index in [1.54, 1.807) is 6.20 Å². The molecule has 0 saturated carbocycles. The molecule has 7 nitrogen and oxygen atoms in total. The first kappa shape index (κ1) is 13.0. The van der Waals surface area contributed by atoms with E-state index in [0.29, 0.717) is 5.69 Å². The molecule has 1 rings (SSSR count). The van der Waals surface area contributed by atoms with E-state index in [0.717, 1.165) is 0 Å². The summed E-state index contributed by atoms with van der Waals surface area (Å²) in [6, 6.07) is 0.0605. The number of hydrogen-bond donors (Lipinski definition) is 3. The van der Waals surface area contributed by atoms with Gasteiger partial charge in [-0.15, -0.1) is 0 Å². The maximum absolute atomic E-state index is 11.4. The minimum absolute atomic E-state index is 0.0340. The lowest BCUT2D eigenvalue weighted by atomic mass is 10.4. The average Bonchev–Trinajstić information content (AvgIpc) is 2.60. The summed E-state index contributed by atoms with van der Waals surface area (Å²) in [7, 11) is 0. The Kier molecular flexibility index (Phi) is 4.50. The quantitative estimate of drug-likeness (QED) is 0.620. The third-order valence-electron chi connectivity index (χ3n) is 1.85. The van der Waals surface area contributed by atoms with Crippen LogP contribution in [0.1, 0.15) is 13.8 Å². The molecule has 0 radical (unpaired) electrons. The van der Waals surface area contributed by atoms with Crippen molar-refractivity contribution in [1.29, 1.82) is 0 Å². The monoisotopic (exact) mass is 239 g/mol. The zero-order valence-corrected chi connectivity index (χ0v) is 9.93. The van der Waals surface area contributed by atoms with Crippen molar-refractivity contribution in [2.75, 3.05) is 12.3 Å². The van der Waals surface area contributed by atoms with Crippen molar-refractivity contribution in [1.82, 2.24) is 20.4 Å². The van der Waals surface area contributed by atoms with Gasteiger partial charge in [-0.25, -0.2) is 0 Å². The topological polar surface area (TPSA) is 102 Å². The average molecular weight is 239 g/mol. The van der Waals surface area contributed by atoms with Crippen molar-refractivity contribution in [2.24, 2.45) is 0 Å². The van der Waals surface area contributed by atoms with Gasteiger partial charge in [-0.05, 0) is 13.8 Å². The lowest BCUT2D eigenvalue weighted by Crippen LogP contribution is -2.40. The highest BCUT2D eigenvalue weighted by Crippen LogP contribution is 1.96. The van der Waals surface area contributed by atoms with Gasteiger partial charge in [0.05, 0.1) is 18.4 Å². The summed E-state index contributed by atoms with van der Waals surface area (Å²) in [6.45, 7) is 3.72. The molecule has 7 heteroatoms. The van der Waals surface area contributed by atoms with Gasteiger partial charge in [0.1, 0.15) is 6.54 Å². The zero-order valence-electron chi connectivity index (χ0n) is 9.93. The lowest BCUT2D eigenvalue weighted by molar-refractivity contribution is -0.126. The number of nitrogen functional groups attached to an aromatic ring is 1. The second kappa shape index (κ2) is 5.88. The van der Waals surface area contributed by atoms with Crippen molar-refractivity contribution in [2.45, 2.75) is 26.4 Å². The Bertz CT molecular complexity index is 399. The maximum Gasteiger partial charge on any atom is 0.242 e. The van der Waals surface area contributed by atoms with Gasteiger partial charge in [0.25, 0.3) is 0 Å². The summed E-state index contributed by atoms with van der Waals surface area (Å²) in [5.41, 5.74) is 5.95. The number of nitrogens with zero attached hydrogens (tertiary/aromatic N) is 2. The molecular formula is C10H17N5O2. The molecular weight excluding hydrogens is 222 g/mol. The molecule has 0 aliphatic rings. The second-order valence-corrected chi connectivity index (χ2v) is 3.97. The van der Waals surface area contributed by atoms with Gasteiger partial charge >= 0.3 is 0 Å². The smallest absolute Gasteiger partial charge is 0.242 e. The number of amides is 2. The van der Waals surface area contributed by atoms with Crippen LogP contribution < -0.4 is 16.4 Å². The van der Waals surface area contributed by atoms with Crippen LogP contribution >= 0.6 is 0 Å². The maximum atomic E-state index is 11.4. The first-order chi connectivity index (χ1) is 7.97. The Morgan fingerprint density at radius 2 is 2.18 bits per heavy atom. The number of nitrogens with one attached hydrogen (secondary N) is 2. The number of hydrogen-bond acceptors (Lipinski definition) is 4. The van der Waals surface area contributed by atoms with Gasteiger partial charge in [0.2, 0.25) is 11.8 Å². The van der Waals surface area contributed by atoms with E-state index in [-0.39, 0.29) is 30.9 Å². The molecule has 4 N–H and O–H groups in total. The summed E-state index contributed by atoms with van der Waals surface area (Å²) < 4.78 is 1.41. The van der Waals surface area contributed by atoms with E-state index in [1.165, 1.54) is 10.9 Å².